The third kappa shape index (κ3) is 3.62. The maximum Gasteiger partial charge on any atom is 0.298 e. The minimum Gasteiger partial charge on any atom is -0.494 e. The molecule has 0 radical (unpaired) electrons. The second kappa shape index (κ2) is 6.31. The van der Waals surface area contributed by atoms with Crippen LogP contribution in [-0.4, -0.2) is 43.3 Å². The highest BCUT2D eigenvalue weighted by Gasteiger charge is 2.28. The smallest absolute Gasteiger partial charge is 0.298 e. The molecule has 1 fully saturated rings. The first-order valence-electron chi connectivity index (χ1n) is 6.69. The quantitative estimate of drug-likeness (QED) is 0.805. The lowest BCUT2D eigenvalue weighted by Gasteiger charge is -2.29. The number of sulfonamides is 1. The van der Waals surface area contributed by atoms with Gasteiger partial charge in [0.2, 0.25) is 10.0 Å². The van der Waals surface area contributed by atoms with Gasteiger partial charge < -0.3 is 4.74 Å². The van der Waals surface area contributed by atoms with Gasteiger partial charge in [-0.3, -0.25) is 9.03 Å². The molecular formula is C12H19N3O5S2. The van der Waals surface area contributed by atoms with Crippen molar-refractivity contribution in [3.8, 4) is 5.75 Å². The molecule has 1 aromatic carbocycles. The fourth-order valence-electron chi connectivity index (χ4n) is 2.21. The minimum atomic E-state index is -3.65. The van der Waals surface area contributed by atoms with Crippen LogP contribution in [0.15, 0.2) is 18.2 Å². The van der Waals surface area contributed by atoms with Crippen LogP contribution < -0.4 is 18.5 Å². The van der Waals surface area contributed by atoms with Crippen LogP contribution in [0.1, 0.15) is 12.8 Å². The SMILES string of the molecule is CNS(=O)(=O)Nc1ccc(N2CCCCS2(=O)=O)c(OC)c1. The molecule has 1 saturated heterocycles. The van der Waals surface area contributed by atoms with E-state index in [9.17, 15) is 16.8 Å². The normalized spacial score (nSPS) is 18.0. The van der Waals surface area contributed by atoms with E-state index in [0.717, 1.165) is 6.42 Å². The van der Waals surface area contributed by atoms with Gasteiger partial charge in [0.1, 0.15) is 5.75 Å². The van der Waals surface area contributed by atoms with Crippen LogP contribution in [0.5, 0.6) is 5.75 Å². The zero-order valence-electron chi connectivity index (χ0n) is 12.4. The Morgan fingerprint density at radius 1 is 1.27 bits per heavy atom. The fraction of sp³-hybridized carbons (Fsp3) is 0.500. The summed E-state index contributed by atoms with van der Waals surface area (Å²) < 4.78 is 58.3. The molecule has 0 spiro atoms. The lowest BCUT2D eigenvalue weighted by Crippen LogP contribution is -2.38. The molecule has 0 bridgehead atoms. The van der Waals surface area contributed by atoms with Crippen LogP contribution >= 0.6 is 0 Å². The first-order valence-corrected chi connectivity index (χ1v) is 9.78. The van der Waals surface area contributed by atoms with E-state index >= 15 is 0 Å². The molecule has 124 valence electrons. The van der Waals surface area contributed by atoms with Crippen molar-refractivity contribution >= 4 is 31.6 Å². The lowest BCUT2D eigenvalue weighted by molar-refractivity contribution is 0.415. The molecule has 1 aromatic rings. The highest BCUT2D eigenvalue weighted by Crippen LogP contribution is 2.34. The summed E-state index contributed by atoms with van der Waals surface area (Å²) in [5.74, 6) is 0.395. The summed E-state index contributed by atoms with van der Waals surface area (Å²) in [6.07, 6.45) is 1.41. The monoisotopic (exact) mass is 349 g/mol. The highest BCUT2D eigenvalue weighted by molar-refractivity contribution is 7.92. The Labute approximate surface area is 130 Å². The predicted molar refractivity (Wildman–Crippen MR) is 85.0 cm³/mol. The number of rotatable bonds is 5. The molecule has 0 aromatic heterocycles. The van der Waals surface area contributed by atoms with Crippen molar-refractivity contribution in [2.45, 2.75) is 12.8 Å². The molecule has 1 heterocycles. The number of hydrogen-bond acceptors (Lipinski definition) is 5. The van der Waals surface area contributed by atoms with Crippen LogP contribution in [0.2, 0.25) is 0 Å². The van der Waals surface area contributed by atoms with E-state index in [0.29, 0.717) is 24.4 Å². The minimum absolute atomic E-state index is 0.101. The van der Waals surface area contributed by atoms with E-state index in [1.54, 1.807) is 0 Å². The number of nitrogens with zero attached hydrogens (tertiary/aromatic N) is 1. The van der Waals surface area contributed by atoms with E-state index in [-0.39, 0.29) is 11.4 Å². The van der Waals surface area contributed by atoms with E-state index < -0.39 is 20.2 Å². The Morgan fingerprint density at radius 2 is 2.00 bits per heavy atom. The van der Waals surface area contributed by atoms with Gasteiger partial charge in [-0.2, -0.15) is 8.42 Å². The summed E-state index contributed by atoms with van der Waals surface area (Å²) in [6, 6.07) is 4.49. The molecule has 2 rings (SSSR count). The number of benzene rings is 1. The second-order valence-electron chi connectivity index (χ2n) is 4.79. The van der Waals surface area contributed by atoms with Crippen molar-refractivity contribution in [1.29, 1.82) is 0 Å². The molecule has 0 amide bonds. The molecule has 1 aliphatic rings. The van der Waals surface area contributed by atoms with Crippen molar-refractivity contribution in [3.63, 3.8) is 0 Å². The predicted octanol–water partition coefficient (Wildman–Crippen LogP) is 0.501. The van der Waals surface area contributed by atoms with E-state index in [2.05, 4.69) is 9.44 Å². The van der Waals surface area contributed by atoms with Crippen LogP contribution in [0, 0.1) is 0 Å². The number of nitrogens with one attached hydrogen (secondary N) is 2. The molecule has 2 N–H and O–H groups in total. The maximum absolute atomic E-state index is 12.2. The Kier molecular flexibility index (Phi) is 4.83. The van der Waals surface area contributed by atoms with Gasteiger partial charge in [0.15, 0.2) is 0 Å². The van der Waals surface area contributed by atoms with Gasteiger partial charge in [-0.15, -0.1) is 0 Å². The molecule has 10 heteroatoms. The van der Waals surface area contributed by atoms with Crippen molar-refractivity contribution in [3.05, 3.63) is 18.2 Å². The topological polar surface area (TPSA) is 105 Å². The third-order valence-corrected chi connectivity index (χ3v) is 6.22. The van der Waals surface area contributed by atoms with Crippen LogP contribution in [0.25, 0.3) is 0 Å². The zero-order chi connectivity index (χ0) is 16.4. The average molecular weight is 349 g/mol. The molecule has 1 aliphatic heterocycles. The summed E-state index contributed by atoms with van der Waals surface area (Å²) in [5, 5.41) is 0. The summed E-state index contributed by atoms with van der Waals surface area (Å²) in [6.45, 7) is 0.389. The summed E-state index contributed by atoms with van der Waals surface area (Å²) >= 11 is 0. The maximum atomic E-state index is 12.2. The van der Waals surface area contributed by atoms with Crippen molar-refractivity contribution in [2.24, 2.45) is 0 Å². The summed E-state index contributed by atoms with van der Waals surface area (Å²) in [7, 11) is -4.31. The number of hydrogen-bond donors (Lipinski definition) is 2. The summed E-state index contributed by atoms with van der Waals surface area (Å²) in [4.78, 5) is 0. The van der Waals surface area contributed by atoms with E-state index in [1.807, 2.05) is 0 Å². The molecule has 0 atom stereocenters. The van der Waals surface area contributed by atoms with Gasteiger partial charge in [0, 0.05) is 19.7 Å². The largest absolute Gasteiger partial charge is 0.494 e. The number of anilines is 2. The van der Waals surface area contributed by atoms with Gasteiger partial charge >= 0.3 is 0 Å². The molecular weight excluding hydrogens is 330 g/mol. The van der Waals surface area contributed by atoms with Gasteiger partial charge in [0.25, 0.3) is 10.2 Å². The Hall–Kier alpha value is -1.52. The van der Waals surface area contributed by atoms with Crippen LogP contribution in [0.3, 0.4) is 0 Å². The molecule has 0 aliphatic carbocycles. The van der Waals surface area contributed by atoms with E-state index in [4.69, 9.17) is 4.74 Å². The molecule has 0 saturated carbocycles. The Morgan fingerprint density at radius 3 is 2.59 bits per heavy atom. The van der Waals surface area contributed by atoms with Crippen LogP contribution in [-0.2, 0) is 20.2 Å². The first kappa shape index (κ1) is 16.8. The number of methoxy groups -OCH3 is 1. The highest BCUT2D eigenvalue weighted by atomic mass is 32.2. The standard InChI is InChI=1S/C12H19N3O5S2/c1-13-22(18,19)14-10-5-6-11(12(9-10)20-2)15-7-3-4-8-21(15,16)17/h5-6,9,13-14H,3-4,7-8H2,1-2H3. The Balaban J connectivity index is 2.38. The van der Waals surface area contributed by atoms with Gasteiger partial charge in [0.05, 0.1) is 24.2 Å². The fourth-order valence-corrected chi connectivity index (χ4v) is 4.40. The summed E-state index contributed by atoms with van der Waals surface area (Å²) in [5.41, 5.74) is 0.693. The van der Waals surface area contributed by atoms with Gasteiger partial charge in [-0.05, 0) is 25.0 Å². The molecule has 0 unspecified atom stereocenters. The molecule has 8 nitrogen and oxygen atoms in total. The Bertz CT molecular complexity index is 746. The molecule has 22 heavy (non-hydrogen) atoms. The third-order valence-electron chi connectivity index (χ3n) is 3.32. The first-order chi connectivity index (χ1) is 10.3. The number of ether oxygens (including phenoxy) is 1. The second-order valence-corrected chi connectivity index (χ2v) is 8.42. The average Bonchev–Trinajstić information content (AvgIpc) is 2.47. The zero-order valence-corrected chi connectivity index (χ0v) is 14.0. The van der Waals surface area contributed by atoms with Gasteiger partial charge in [-0.25, -0.2) is 13.1 Å². The van der Waals surface area contributed by atoms with Crippen molar-refractivity contribution in [2.75, 3.05) is 35.5 Å². The van der Waals surface area contributed by atoms with Crippen LogP contribution in [0.4, 0.5) is 11.4 Å². The lowest BCUT2D eigenvalue weighted by atomic mass is 10.2. The van der Waals surface area contributed by atoms with Crippen molar-refractivity contribution in [1.82, 2.24) is 4.72 Å². The van der Waals surface area contributed by atoms with Gasteiger partial charge in [-0.1, -0.05) is 0 Å². The van der Waals surface area contributed by atoms with Crippen molar-refractivity contribution < 1.29 is 21.6 Å². The van der Waals surface area contributed by atoms with E-state index in [1.165, 1.54) is 36.7 Å².